The second-order valence-corrected chi connectivity index (χ2v) is 4.30. The standard InChI is InChI=1S/C12H19N2O2.ClH/c1-4-14(3,5-2)10-11-8-6-7-9-12(11)13(15)16;/h6-9H,4-5,10H2,1-3H3;1H/q+1;/p-1. The molecule has 0 aromatic heterocycles. The Morgan fingerprint density at radius 3 is 2.24 bits per heavy atom. The first-order valence-corrected chi connectivity index (χ1v) is 5.58. The van der Waals surface area contributed by atoms with Crippen molar-refractivity contribution < 1.29 is 21.8 Å². The molecule has 0 N–H and O–H groups in total. The van der Waals surface area contributed by atoms with Gasteiger partial charge in [0.1, 0.15) is 6.54 Å². The van der Waals surface area contributed by atoms with Gasteiger partial charge in [-0.15, -0.1) is 0 Å². The van der Waals surface area contributed by atoms with Crippen LogP contribution in [0.2, 0.25) is 0 Å². The van der Waals surface area contributed by atoms with E-state index in [9.17, 15) is 10.1 Å². The third kappa shape index (κ3) is 3.98. The van der Waals surface area contributed by atoms with Crippen LogP contribution < -0.4 is 12.4 Å². The summed E-state index contributed by atoms with van der Waals surface area (Å²) in [6.45, 7) is 6.88. The molecule has 0 spiro atoms. The Balaban J connectivity index is 0.00000256. The molecule has 1 aromatic carbocycles. The number of halogens is 1. The van der Waals surface area contributed by atoms with E-state index in [0.717, 1.165) is 23.1 Å². The minimum atomic E-state index is -0.301. The second kappa shape index (κ2) is 6.57. The summed E-state index contributed by atoms with van der Waals surface area (Å²) < 4.78 is 0.824. The first-order valence-electron chi connectivity index (χ1n) is 5.58. The van der Waals surface area contributed by atoms with E-state index >= 15 is 0 Å². The van der Waals surface area contributed by atoms with Crippen LogP contribution in [0.15, 0.2) is 24.3 Å². The molecular weight excluding hydrogens is 240 g/mol. The van der Waals surface area contributed by atoms with E-state index in [1.807, 2.05) is 12.1 Å². The number of hydrogen-bond acceptors (Lipinski definition) is 2. The average molecular weight is 259 g/mol. The Hall–Kier alpha value is -1.13. The van der Waals surface area contributed by atoms with Crippen LogP contribution in [0.3, 0.4) is 0 Å². The van der Waals surface area contributed by atoms with E-state index in [1.165, 1.54) is 0 Å². The van der Waals surface area contributed by atoms with Crippen LogP contribution in [0.4, 0.5) is 5.69 Å². The van der Waals surface area contributed by atoms with Crippen LogP contribution in [-0.2, 0) is 6.54 Å². The second-order valence-electron chi connectivity index (χ2n) is 4.30. The fourth-order valence-corrected chi connectivity index (χ4v) is 1.68. The molecule has 0 aliphatic carbocycles. The molecule has 5 heteroatoms. The quantitative estimate of drug-likeness (QED) is 0.409. The Morgan fingerprint density at radius 2 is 1.76 bits per heavy atom. The summed E-state index contributed by atoms with van der Waals surface area (Å²) >= 11 is 0. The Morgan fingerprint density at radius 1 is 1.24 bits per heavy atom. The highest BCUT2D eigenvalue weighted by molar-refractivity contribution is 5.39. The number of benzene rings is 1. The Bertz CT molecular complexity index is 379. The van der Waals surface area contributed by atoms with Gasteiger partial charge < -0.3 is 16.9 Å². The Kier molecular flexibility index (Phi) is 6.13. The van der Waals surface area contributed by atoms with Crippen molar-refractivity contribution in [2.24, 2.45) is 0 Å². The van der Waals surface area contributed by atoms with Gasteiger partial charge in [0.05, 0.1) is 30.6 Å². The lowest BCUT2D eigenvalue weighted by atomic mass is 10.1. The zero-order chi connectivity index (χ0) is 12.2. The van der Waals surface area contributed by atoms with Gasteiger partial charge in [0, 0.05) is 6.07 Å². The Labute approximate surface area is 108 Å². The van der Waals surface area contributed by atoms with Crippen LogP contribution in [0, 0.1) is 10.1 Å². The number of para-hydroxylation sites is 1. The van der Waals surface area contributed by atoms with Gasteiger partial charge in [-0.25, -0.2) is 0 Å². The molecule has 0 aliphatic heterocycles. The lowest BCUT2D eigenvalue weighted by molar-refractivity contribution is -0.919. The molecule has 0 amide bonds. The third-order valence-electron chi connectivity index (χ3n) is 3.27. The number of nitro benzene ring substituents is 1. The largest absolute Gasteiger partial charge is 1.00 e. The van der Waals surface area contributed by atoms with Gasteiger partial charge in [0.25, 0.3) is 5.69 Å². The monoisotopic (exact) mass is 258 g/mol. The molecular formula is C12H19ClN2O2. The molecule has 96 valence electrons. The molecule has 0 atom stereocenters. The van der Waals surface area contributed by atoms with Crippen molar-refractivity contribution in [2.45, 2.75) is 20.4 Å². The fraction of sp³-hybridized carbons (Fsp3) is 0.500. The number of hydrogen-bond donors (Lipinski definition) is 0. The third-order valence-corrected chi connectivity index (χ3v) is 3.27. The average Bonchev–Trinajstić information content (AvgIpc) is 2.29. The predicted octanol–water partition coefficient (Wildman–Crippen LogP) is -0.415. The fourth-order valence-electron chi connectivity index (χ4n) is 1.68. The molecule has 1 aromatic rings. The van der Waals surface area contributed by atoms with Gasteiger partial charge in [-0.2, -0.15) is 0 Å². The van der Waals surface area contributed by atoms with Gasteiger partial charge >= 0.3 is 0 Å². The predicted molar refractivity (Wildman–Crippen MR) is 64.1 cm³/mol. The maximum Gasteiger partial charge on any atom is 0.278 e. The summed E-state index contributed by atoms with van der Waals surface area (Å²) in [6.07, 6.45) is 0. The van der Waals surface area contributed by atoms with Crippen molar-refractivity contribution in [1.82, 2.24) is 0 Å². The first-order chi connectivity index (χ1) is 7.52. The van der Waals surface area contributed by atoms with Crippen LogP contribution in [0.25, 0.3) is 0 Å². The number of nitrogens with zero attached hydrogens (tertiary/aromatic N) is 2. The van der Waals surface area contributed by atoms with Crippen LogP contribution in [0.5, 0.6) is 0 Å². The topological polar surface area (TPSA) is 43.1 Å². The molecule has 1 rings (SSSR count). The van der Waals surface area contributed by atoms with E-state index < -0.39 is 0 Å². The lowest BCUT2D eigenvalue weighted by Crippen LogP contribution is -3.00. The minimum Gasteiger partial charge on any atom is -1.00 e. The maximum atomic E-state index is 10.9. The maximum absolute atomic E-state index is 10.9. The molecule has 0 aliphatic rings. The van der Waals surface area contributed by atoms with Crippen molar-refractivity contribution in [3.05, 3.63) is 39.9 Å². The van der Waals surface area contributed by atoms with Crippen molar-refractivity contribution in [2.75, 3.05) is 20.1 Å². The number of rotatable bonds is 5. The normalized spacial score (nSPS) is 10.8. The van der Waals surface area contributed by atoms with Crippen molar-refractivity contribution >= 4 is 5.69 Å². The van der Waals surface area contributed by atoms with Crippen molar-refractivity contribution in [3.63, 3.8) is 0 Å². The molecule has 4 nitrogen and oxygen atoms in total. The molecule has 17 heavy (non-hydrogen) atoms. The zero-order valence-electron chi connectivity index (χ0n) is 10.5. The molecule has 0 saturated heterocycles. The van der Waals surface area contributed by atoms with Gasteiger partial charge in [-0.3, -0.25) is 10.1 Å². The summed E-state index contributed by atoms with van der Waals surface area (Å²) in [7, 11) is 2.12. The summed E-state index contributed by atoms with van der Waals surface area (Å²) in [5.41, 5.74) is 1.05. The van der Waals surface area contributed by atoms with Gasteiger partial charge in [-0.1, -0.05) is 12.1 Å². The summed E-state index contributed by atoms with van der Waals surface area (Å²) in [4.78, 5) is 10.6. The van der Waals surface area contributed by atoms with Crippen molar-refractivity contribution in [1.29, 1.82) is 0 Å². The smallest absolute Gasteiger partial charge is 0.278 e. The highest BCUT2D eigenvalue weighted by atomic mass is 35.5. The highest BCUT2D eigenvalue weighted by Crippen LogP contribution is 2.21. The van der Waals surface area contributed by atoms with Gasteiger partial charge in [0.2, 0.25) is 0 Å². The first kappa shape index (κ1) is 15.9. The molecule has 0 bridgehead atoms. The molecule has 0 heterocycles. The number of quaternary nitrogens is 1. The summed E-state index contributed by atoms with van der Waals surface area (Å²) in [6, 6.07) is 6.99. The van der Waals surface area contributed by atoms with Crippen LogP contribution in [-0.4, -0.2) is 29.5 Å². The lowest BCUT2D eigenvalue weighted by Gasteiger charge is -2.31. The van der Waals surface area contributed by atoms with Crippen LogP contribution >= 0.6 is 0 Å². The zero-order valence-corrected chi connectivity index (χ0v) is 11.3. The highest BCUT2D eigenvalue weighted by Gasteiger charge is 2.22. The molecule has 0 saturated carbocycles. The van der Waals surface area contributed by atoms with Crippen LogP contribution in [0.1, 0.15) is 19.4 Å². The van der Waals surface area contributed by atoms with E-state index in [2.05, 4.69) is 20.9 Å². The number of nitro groups is 1. The van der Waals surface area contributed by atoms with Gasteiger partial charge in [-0.05, 0) is 19.9 Å². The van der Waals surface area contributed by atoms with Gasteiger partial charge in [0.15, 0.2) is 0 Å². The molecule has 0 fully saturated rings. The van der Waals surface area contributed by atoms with E-state index in [0.29, 0.717) is 6.54 Å². The summed E-state index contributed by atoms with van der Waals surface area (Å²) in [5.74, 6) is 0. The minimum absolute atomic E-state index is 0. The van der Waals surface area contributed by atoms with Crippen molar-refractivity contribution in [3.8, 4) is 0 Å². The SMILES string of the molecule is CC[N+](C)(CC)Cc1ccccc1[N+](=O)[O-].[Cl-]. The van der Waals surface area contributed by atoms with E-state index in [-0.39, 0.29) is 23.0 Å². The summed E-state index contributed by atoms with van der Waals surface area (Å²) in [5, 5.41) is 10.9. The van der Waals surface area contributed by atoms with E-state index in [4.69, 9.17) is 0 Å². The van der Waals surface area contributed by atoms with E-state index in [1.54, 1.807) is 12.1 Å². The molecule has 0 unspecified atom stereocenters. The molecule has 0 radical (unpaired) electrons.